The normalized spacial score (nSPS) is 13.5. The predicted molar refractivity (Wildman–Crippen MR) is 125 cm³/mol. The molecule has 6 heteroatoms. The second-order valence-corrected chi connectivity index (χ2v) is 7.56. The average molecular weight is 425 g/mol. The number of nitrogens with one attached hydrogen (secondary N) is 1. The van der Waals surface area contributed by atoms with Crippen LogP contribution >= 0.6 is 0 Å². The van der Waals surface area contributed by atoms with Crippen LogP contribution < -0.4 is 10.2 Å². The van der Waals surface area contributed by atoms with Gasteiger partial charge in [0, 0.05) is 25.3 Å². The molecule has 1 aliphatic rings. The number of likely N-dealkylation sites (N-methyl/N-ethyl adjacent to an activating group) is 1. The Balaban J connectivity index is 1.76. The summed E-state index contributed by atoms with van der Waals surface area (Å²) in [6, 6.07) is 25.8. The predicted octanol–water partition coefficient (Wildman–Crippen LogP) is 4.06. The summed E-state index contributed by atoms with van der Waals surface area (Å²) >= 11 is 0. The molecule has 0 spiro atoms. The number of carbonyl (C=O) groups is 3. The molecule has 0 radical (unpaired) electrons. The zero-order chi connectivity index (χ0) is 22.7. The number of hydrogen-bond donors (Lipinski definition) is 1. The van der Waals surface area contributed by atoms with Crippen LogP contribution in [0.5, 0.6) is 0 Å². The highest BCUT2D eigenvalue weighted by Gasteiger charge is 2.41. The molecular weight excluding hydrogens is 402 g/mol. The van der Waals surface area contributed by atoms with E-state index in [0.29, 0.717) is 22.5 Å². The smallest absolute Gasteiger partial charge is 0.278 e. The first-order valence-electron chi connectivity index (χ1n) is 10.3. The van der Waals surface area contributed by atoms with Crippen molar-refractivity contribution >= 4 is 34.7 Å². The molecule has 160 valence electrons. The molecule has 0 aliphatic carbocycles. The van der Waals surface area contributed by atoms with Gasteiger partial charge in [-0.1, -0.05) is 60.7 Å². The molecule has 3 amide bonds. The zero-order valence-corrected chi connectivity index (χ0v) is 17.9. The van der Waals surface area contributed by atoms with Crippen molar-refractivity contribution in [3.8, 4) is 0 Å². The third kappa shape index (κ3) is 4.16. The molecule has 6 nitrogen and oxygen atoms in total. The van der Waals surface area contributed by atoms with Crippen LogP contribution in [0.15, 0.2) is 90.6 Å². The minimum absolute atomic E-state index is 0.178. The van der Waals surface area contributed by atoms with Crippen LogP contribution in [0, 0.1) is 0 Å². The molecular formula is C26H23N3O3. The summed E-state index contributed by atoms with van der Waals surface area (Å²) in [5, 5.41) is 2.72. The molecule has 0 fully saturated rings. The lowest BCUT2D eigenvalue weighted by molar-refractivity contribution is -0.137. The summed E-state index contributed by atoms with van der Waals surface area (Å²) < 4.78 is 0. The Kier molecular flexibility index (Phi) is 5.85. The third-order valence-electron chi connectivity index (χ3n) is 5.30. The number of rotatable bonds is 6. The second kappa shape index (κ2) is 8.89. The molecule has 1 N–H and O–H groups in total. The molecule has 4 rings (SSSR count). The van der Waals surface area contributed by atoms with E-state index >= 15 is 0 Å². The van der Waals surface area contributed by atoms with Crippen molar-refractivity contribution in [2.24, 2.45) is 0 Å². The molecule has 1 aliphatic heterocycles. The van der Waals surface area contributed by atoms with E-state index in [1.807, 2.05) is 60.7 Å². The molecule has 0 bridgehead atoms. The van der Waals surface area contributed by atoms with Crippen molar-refractivity contribution < 1.29 is 14.4 Å². The standard InChI is InChI=1S/C26H23N3O3/c1-18(30)27-21-15-13-20(14-16-21)23-24(28(2)22-11-7-4-8-12-22)26(32)29(25(23)31)17-19-9-5-3-6-10-19/h3-16H,17H2,1-2H3,(H,27,30). The van der Waals surface area contributed by atoms with Crippen molar-refractivity contribution in [1.82, 2.24) is 4.90 Å². The summed E-state index contributed by atoms with van der Waals surface area (Å²) in [6.07, 6.45) is 0. The second-order valence-electron chi connectivity index (χ2n) is 7.56. The van der Waals surface area contributed by atoms with E-state index in [-0.39, 0.29) is 24.3 Å². The summed E-state index contributed by atoms with van der Waals surface area (Å²) in [6.45, 7) is 1.63. The van der Waals surface area contributed by atoms with E-state index in [1.54, 1.807) is 36.2 Å². The molecule has 32 heavy (non-hydrogen) atoms. The summed E-state index contributed by atoms with van der Waals surface area (Å²) in [5.74, 6) is -0.863. The highest BCUT2D eigenvalue weighted by atomic mass is 16.2. The Labute approximate surface area is 186 Å². The summed E-state index contributed by atoms with van der Waals surface area (Å²) in [4.78, 5) is 41.3. The lowest BCUT2D eigenvalue weighted by Crippen LogP contribution is -2.33. The van der Waals surface area contributed by atoms with Crippen LogP contribution in [0.1, 0.15) is 18.1 Å². The van der Waals surface area contributed by atoms with Gasteiger partial charge in [-0.15, -0.1) is 0 Å². The maximum atomic E-state index is 13.5. The van der Waals surface area contributed by atoms with E-state index in [4.69, 9.17) is 0 Å². The number of amides is 3. The first-order chi connectivity index (χ1) is 15.5. The van der Waals surface area contributed by atoms with Crippen molar-refractivity contribution in [2.75, 3.05) is 17.3 Å². The van der Waals surface area contributed by atoms with E-state index in [1.165, 1.54) is 11.8 Å². The van der Waals surface area contributed by atoms with E-state index in [0.717, 1.165) is 11.3 Å². The fourth-order valence-corrected chi connectivity index (χ4v) is 3.75. The molecule has 0 atom stereocenters. The van der Waals surface area contributed by atoms with Crippen molar-refractivity contribution in [3.05, 3.63) is 102 Å². The van der Waals surface area contributed by atoms with Crippen molar-refractivity contribution in [2.45, 2.75) is 13.5 Å². The van der Waals surface area contributed by atoms with Gasteiger partial charge in [0.05, 0.1) is 12.1 Å². The van der Waals surface area contributed by atoms with Gasteiger partial charge in [-0.05, 0) is 35.4 Å². The Morgan fingerprint density at radius 2 is 1.44 bits per heavy atom. The van der Waals surface area contributed by atoms with Gasteiger partial charge in [-0.3, -0.25) is 19.3 Å². The van der Waals surface area contributed by atoms with E-state index < -0.39 is 0 Å². The maximum Gasteiger partial charge on any atom is 0.278 e. The number of nitrogens with zero attached hydrogens (tertiary/aromatic N) is 2. The number of benzene rings is 3. The minimum atomic E-state index is -0.344. The van der Waals surface area contributed by atoms with Gasteiger partial charge in [0.1, 0.15) is 5.70 Å². The molecule has 0 saturated heterocycles. The van der Waals surface area contributed by atoms with Crippen LogP contribution in [-0.2, 0) is 20.9 Å². The highest BCUT2D eigenvalue weighted by Crippen LogP contribution is 2.34. The number of hydrogen-bond acceptors (Lipinski definition) is 4. The SMILES string of the molecule is CC(=O)Nc1ccc(C2=C(N(C)c3ccccc3)C(=O)N(Cc3ccccc3)C2=O)cc1. The zero-order valence-electron chi connectivity index (χ0n) is 17.9. The maximum absolute atomic E-state index is 13.5. The molecule has 3 aromatic rings. The Bertz CT molecular complexity index is 1190. The van der Waals surface area contributed by atoms with Gasteiger partial charge in [-0.25, -0.2) is 0 Å². The lowest BCUT2D eigenvalue weighted by Gasteiger charge is -2.21. The first-order valence-corrected chi connectivity index (χ1v) is 10.3. The topological polar surface area (TPSA) is 69.7 Å². The van der Waals surface area contributed by atoms with Crippen LogP contribution in [-0.4, -0.2) is 29.7 Å². The fourth-order valence-electron chi connectivity index (χ4n) is 3.75. The van der Waals surface area contributed by atoms with Gasteiger partial charge in [0.25, 0.3) is 11.8 Å². The van der Waals surface area contributed by atoms with Gasteiger partial charge in [-0.2, -0.15) is 0 Å². The first kappa shape index (κ1) is 21.1. The number of para-hydroxylation sites is 1. The Hall–Kier alpha value is -4.19. The number of carbonyl (C=O) groups excluding carboxylic acids is 3. The minimum Gasteiger partial charge on any atom is -0.339 e. The summed E-state index contributed by atoms with van der Waals surface area (Å²) in [5.41, 5.74) is 3.58. The van der Waals surface area contributed by atoms with E-state index in [2.05, 4.69) is 5.32 Å². The monoisotopic (exact) mass is 425 g/mol. The van der Waals surface area contributed by atoms with Crippen molar-refractivity contribution in [3.63, 3.8) is 0 Å². The van der Waals surface area contributed by atoms with Crippen LogP contribution in [0.2, 0.25) is 0 Å². The Morgan fingerprint density at radius 1 is 0.844 bits per heavy atom. The van der Waals surface area contributed by atoms with Crippen molar-refractivity contribution in [1.29, 1.82) is 0 Å². The fraction of sp³-hybridized carbons (Fsp3) is 0.115. The van der Waals surface area contributed by atoms with Crippen LogP contribution in [0.3, 0.4) is 0 Å². The number of anilines is 2. The Morgan fingerprint density at radius 3 is 2.03 bits per heavy atom. The summed E-state index contributed by atoms with van der Waals surface area (Å²) in [7, 11) is 1.79. The quantitative estimate of drug-likeness (QED) is 0.605. The lowest BCUT2D eigenvalue weighted by atomic mass is 10.0. The van der Waals surface area contributed by atoms with Crippen LogP contribution in [0.4, 0.5) is 11.4 Å². The molecule has 0 unspecified atom stereocenters. The molecule has 0 saturated carbocycles. The molecule has 3 aromatic carbocycles. The molecule has 1 heterocycles. The third-order valence-corrected chi connectivity index (χ3v) is 5.30. The van der Waals surface area contributed by atoms with E-state index in [9.17, 15) is 14.4 Å². The largest absolute Gasteiger partial charge is 0.339 e. The van der Waals surface area contributed by atoms with Gasteiger partial charge in [0.2, 0.25) is 5.91 Å². The average Bonchev–Trinajstić information content (AvgIpc) is 3.05. The van der Waals surface area contributed by atoms with Crippen LogP contribution in [0.25, 0.3) is 5.57 Å². The van der Waals surface area contributed by atoms with Gasteiger partial charge in [0.15, 0.2) is 0 Å². The van der Waals surface area contributed by atoms with Gasteiger partial charge >= 0.3 is 0 Å². The highest BCUT2D eigenvalue weighted by molar-refractivity contribution is 6.36. The van der Waals surface area contributed by atoms with Gasteiger partial charge < -0.3 is 10.2 Å². The molecule has 0 aromatic heterocycles. The number of imide groups is 1.